The van der Waals surface area contributed by atoms with Gasteiger partial charge in [0.25, 0.3) is 0 Å². The molecule has 0 aliphatic carbocycles. The SMILES string of the molecule is C[C@H]1C[C@H](C)CN(c2ccc3nnc(-c4ccccc4)n3n2)C1. The Morgan fingerprint density at radius 3 is 2.39 bits per heavy atom. The minimum Gasteiger partial charge on any atom is -0.355 e. The number of fused-ring (bicyclic) bond motifs is 1. The molecule has 1 saturated heterocycles. The van der Waals surface area contributed by atoms with Crippen molar-refractivity contribution in [3.05, 3.63) is 42.5 Å². The summed E-state index contributed by atoms with van der Waals surface area (Å²) in [4.78, 5) is 2.38. The van der Waals surface area contributed by atoms with E-state index in [1.54, 1.807) is 0 Å². The molecule has 23 heavy (non-hydrogen) atoms. The van der Waals surface area contributed by atoms with Gasteiger partial charge in [-0.2, -0.15) is 4.52 Å². The highest BCUT2D eigenvalue weighted by Crippen LogP contribution is 2.26. The van der Waals surface area contributed by atoms with Gasteiger partial charge in [-0.3, -0.25) is 0 Å². The van der Waals surface area contributed by atoms with Crippen molar-refractivity contribution in [3.8, 4) is 11.4 Å². The molecule has 3 aromatic rings. The number of piperidine rings is 1. The summed E-state index contributed by atoms with van der Waals surface area (Å²) in [6.45, 7) is 6.75. The van der Waals surface area contributed by atoms with Crippen LogP contribution in [0.4, 0.5) is 5.82 Å². The Labute approximate surface area is 136 Å². The van der Waals surface area contributed by atoms with Gasteiger partial charge >= 0.3 is 0 Å². The summed E-state index contributed by atoms with van der Waals surface area (Å²) in [5, 5.41) is 13.4. The number of nitrogens with zero attached hydrogens (tertiary/aromatic N) is 5. The van der Waals surface area contributed by atoms with Gasteiger partial charge in [-0.15, -0.1) is 15.3 Å². The van der Waals surface area contributed by atoms with Gasteiger partial charge in [0.15, 0.2) is 11.5 Å². The smallest absolute Gasteiger partial charge is 0.185 e. The monoisotopic (exact) mass is 307 g/mol. The molecule has 0 unspecified atom stereocenters. The number of hydrogen-bond acceptors (Lipinski definition) is 4. The van der Waals surface area contributed by atoms with E-state index in [0.717, 1.165) is 35.9 Å². The van der Waals surface area contributed by atoms with Crippen LogP contribution in [-0.4, -0.2) is 32.9 Å². The van der Waals surface area contributed by atoms with Crippen molar-refractivity contribution in [2.24, 2.45) is 11.8 Å². The maximum Gasteiger partial charge on any atom is 0.185 e. The van der Waals surface area contributed by atoms with Crippen LogP contribution in [0.15, 0.2) is 42.5 Å². The maximum absolute atomic E-state index is 4.82. The lowest BCUT2D eigenvalue weighted by molar-refractivity contribution is 0.354. The first-order chi connectivity index (χ1) is 11.2. The van der Waals surface area contributed by atoms with E-state index in [1.165, 1.54) is 6.42 Å². The first-order valence-electron chi connectivity index (χ1n) is 8.23. The maximum atomic E-state index is 4.82. The molecule has 5 nitrogen and oxygen atoms in total. The molecule has 1 fully saturated rings. The number of anilines is 1. The molecule has 0 bridgehead atoms. The van der Waals surface area contributed by atoms with Crippen LogP contribution in [0, 0.1) is 11.8 Å². The fourth-order valence-electron chi connectivity index (χ4n) is 3.57. The summed E-state index contributed by atoms with van der Waals surface area (Å²) in [6, 6.07) is 14.2. The van der Waals surface area contributed by atoms with Crippen LogP contribution in [0.5, 0.6) is 0 Å². The van der Waals surface area contributed by atoms with Gasteiger partial charge in [0.05, 0.1) is 0 Å². The standard InChI is InChI=1S/C18H21N5/c1-13-10-14(2)12-22(11-13)17-9-8-16-19-20-18(23(16)21-17)15-6-4-3-5-7-15/h3-9,13-14H,10-12H2,1-2H3/t13-,14-/m0/s1. The molecule has 118 valence electrons. The van der Waals surface area contributed by atoms with Gasteiger partial charge in [-0.05, 0) is 30.4 Å². The van der Waals surface area contributed by atoms with Gasteiger partial charge in [0, 0.05) is 18.7 Å². The van der Waals surface area contributed by atoms with Crippen molar-refractivity contribution < 1.29 is 0 Å². The molecule has 2 atom stereocenters. The zero-order chi connectivity index (χ0) is 15.8. The third-order valence-electron chi connectivity index (χ3n) is 4.47. The van der Waals surface area contributed by atoms with Crippen molar-refractivity contribution in [3.63, 3.8) is 0 Å². The van der Waals surface area contributed by atoms with E-state index in [1.807, 2.05) is 40.9 Å². The third-order valence-corrected chi connectivity index (χ3v) is 4.47. The van der Waals surface area contributed by atoms with Gasteiger partial charge in [-0.25, -0.2) is 0 Å². The average Bonchev–Trinajstić information content (AvgIpc) is 2.98. The lowest BCUT2D eigenvalue weighted by Crippen LogP contribution is -2.39. The first kappa shape index (κ1) is 14.2. The van der Waals surface area contributed by atoms with Crippen LogP contribution in [0.1, 0.15) is 20.3 Å². The fraction of sp³-hybridized carbons (Fsp3) is 0.389. The Kier molecular flexibility index (Phi) is 3.48. The molecule has 0 N–H and O–H groups in total. The molecule has 1 aromatic carbocycles. The van der Waals surface area contributed by atoms with Crippen molar-refractivity contribution in [2.45, 2.75) is 20.3 Å². The van der Waals surface area contributed by atoms with Crippen LogP contribution >= 0.6 is 0 Å². The molecule has 4 rings (SSSR count). The van der Waals surface area contributed by atoms with E-state index in [9.17, 15) is 0 Å². The summed E-state index contributed by atoms with van der Waals surface area (Å²) in [6.07, 6.45) is 1.29. The van der Waals surface area contributed by atoms with Gasteiger partial charge in [-0.1, -0.05) is 44.2 Å². The van der Waals surface area contributed by atoms with E-state index in [-0.39, 0.29) is 0 Å². The number of rotatable bonds is 2. The largest absolute Gasteiger partial charge is 0.355 e. The molecule has 0 radical (unpaired) electrons. The highest BCUT2D eigenvalue weighted by molar-refractivity contribution is 5.59. The van der Waals surface area contributed by atoms with E-state index < -0.39 is 0 Å². The summed E-state index contributed by atoms with van der Waals surface area (Å²) in [5.41, 5.74) is 1.82. The van der Waals surface area contributed by atoms with Crippen LogP contribution in [0.3, 0.4) is 0 Å². The van der Waals surface area contributed by atoms with E-state index in [2.05, 4.69) is 35.0 Å². The Morgan fingerprint density at radius 2 is 1.65 bits per heavy atom. The molecule has 2 aromatic heterocycles. The second-order valence-electron chi connectivity index (χ2n) is 6.70. The van der Waals surface area contributed by atoms with Crippen molar-refractivity contribution >= 4 is 11.5 Å². The Morgan fingerprint density at radius 1 is 0.913 bits per heavy atom. The van der Waals surface area contributed by atoms with E-state index in [4.69, 9.17) is 5.10 Å². The van der Waals surface area contributed by atoms with E-state index >= 15 is 0 Å². The normalized spacial score (nSPS) is 21.7. The summed E-state index contributed by atoms with van der Waals surface area (Å²) >= 11 is 0. The van der Waals surface area contributed by atoms with Crippen molar-refractivity contribution in [1.29, 1.82) is 0 Å². The summed E-state index contributed by atoms with van der Waals surface area (Å²) in [7, 11) is 0. The third kappa shape index (κ3) is 2.67. The lowest BCUT2D eigenvalue weighted by atomic mass is 9.92. The predicted octanol–water partition coefficient (Wildman–Crippen LogP) is 3.27. The van der Waals surface area contributed by atoms with Gasteiger partial charge in [0.1, 0.15) is 5.82 Å². The Bertz CT molecular complexity index is 801. The number of aromatic nitrogens is 4. The minimum atomic E-state index is 0.700. The fourth-order valence-corrected chi connectivity index (χ4v) is 3.57. The van der Waals surface area contributed by atoms with Crippen LogP contribution in [-0.2, 0) is 0 Å². The molecule has 1 aliphatic heterocycles. The molecule has 0 amide bonds. The molecular weight excluding hydrogens is 286 g/mol. The van der Waals surface area contributed by atoms with Crippen molar-refractivity contribution in [1.82, 2.24) is 19.8 Å². The summed E-state index contributed by atoms with van der Waals surface area (Å²) in [5.74, 6) is 3.20. The topological polar surface area (TPSA) is 46.3 Å². The number of hydrogen-bond donors (Lipinski definition) is 0. The molecule has 3 heterocycles. The summed E-state index contributed by atoms with van der Waals surface area (Å²) < 4.78 is 1.86. The van der Waals surface area contributed by atoms with Gasteiger partial charge in [0.2, 0.25) is 0 Å². The Hall–Kier alpha value is -2.43. The minimum absolute atomic E-state index is 0.700. The van der Waals surface area contributed by atoms with E-state index in [0.29, 0.717) is 11.8 Å². The first-order valence-corrected chi connectivity index (χ1v) is 8.23. The highest BCUT2D eigenvalue weighted by Gasteiger charge is 2.23. The zero-order valence-corrected chi connectivity index (χ0v) is 13.6. The quantitative estimate of drug-likeness (QED) is 0.729. The molecule has 0 spiro atoms. The molecular formula is C18H21N5. The molecule has 5 heteroatoms. The van der Waals surface area contributed by atoms with Crippen LogP contribution < -0.4 is 4.90 Å². The van der Waals surface area contributed by atoms with Gasteiger partial charge < -0.3 is 4.90 Å². The van der Waals surface area contributed by atoms with Crippen molar-refractivity contribution in [2.75, 3.05) is 18.0 Å². The second-order valence-corrected chi connectivity index (χ2v) is 6.70. The second kappa shape index (κ2) is 5.65. The average molecular weight is 307 g/mol. The Balaban J connectivity index is 1.75. The zero-order valence-electron chi connectivity index (χ0n) is 13.6. The van der Waals surface area contributed by atoms with Crippen LogP contribution in [0.25, 0.3) is 17.0 Å². The number of benzene rings is 1. The lowest BCUT2D eigenvalue weighted by Gasteiger charge is -2.35. The highest BCUT2D eigenvalue weighted by atomic mass is 15.4. The predicted molar refractivity (Wildman–Crippen MR) is 91.4 cm³/mol. The van der Waals surface area contributed by atoms with Crippen LogP contribution in [0.2, 0.25) is 0 Å². The molecule has 0 saturated carbocycles. The molecule has 1 aliphatic rings.